The molecule has 0 aliphatic heterocycles. The summed E-state index contributed by atoms with van der Waals surface area (Å²) >= 11 is 0. The van der Waals surface area contributed by atoms with Gasteiger partial charge in [0.05, 0.1) is 28.8 Å². The molecule has 13 heteroatoms. The standard InChI is InChI=1S/C32H36F2N6O4S/c1-19-15-27(21-7-14-26(25(34)16-21)40-45(42,43)18-20-5-8-22(33)9-6-20)38-28-17-35-30(39-29(19)28)36-23-10-12-24(13-11-23)37-31(41)44-32(2,3)4/h5-9,14-17,23-24,40H,10-13,18H2,1-4H3,(H,37,41)(H,35,36,39)/t23-,24-. The molecule has 0 spiro atoms. The first-order chi connectivity index (χ1) is 21.2. The number of alkyl carbamates (subject to hydrolysis) is 1. The Bertz CT molecular complexity index is 1810. The van der Waals surface area contributed by atoms with E-state index in [1.54, 1.807) is 18.3 Å². The fourth-order valence-electron chi connectivity index (χ4n) is 5.20. The van der Waals surface area contributed by atoms with E-state index in [-0.39, 0.29) is 17.8 Å². The number of sulfonamides is 1. The van der Waals surface area contributed by atoms with Gasteiger partial charge in [0.15, 0.2) is 0 Å². The molecule has 0 bridgehead atoms. The highest BCUT2D eigenvalue weighted by Gasteiger charge is 2.25. The third-order valence-corrected chi connectivity index (χ3v) is 8.56. The Morgan fingerprint density at radius 3 is 2.33 bits per heavy atom. The van der Waals surface area contributed by atoms with Gasteiger partial charge in [-0.05, 0) is 94.8 Å². The van der Waals surface area contributed by atoms with Crippen molar-refractivity contribution >= 4 is 38.8 Å². The van der Waals surface area contributed by atoms with Gasteiger partial charge >= 0.3 is 6.09 Å². The van der Waals surface area contributed by atoms with Gasteiger partial charge in [-0.1, -0.05) is 18.2 Å². The number of carbonyl (C=O) groups is 1. The van der Waals surface area contributed by atoms with E-state index in [4.69, 9.17) is 4.74 Å². The van der Waals surface area contributed by atoms with Crippen molar-refractivity contribution in [2.45, 2.75) is 76.8 Å². The van der Waals surface area contributed by atoms with Crippen LogP contribution in [0.1, 0.15) is 57.6 Å². The molecule has 3 N–H and O–H groups in total. The van der Waals surface area contributed by atoms with Gasteiger partial charge in [-0.15, -0.1) is 0 Å². The third kappa shape index (κ3) is 8.62. The minimum absolute atomic E-state index is 0.0563. The molecule has 5 rings (SSSR count). The Labute approximate surface area is 261 Å². The smallest absolute Gasteiger partial charge is 0.407 e. The molecule has 0 saturated heterocycles. The largest absolute Gasteiger partial charge is 0.444 e. The van der Waals surface area contributed by atoms with Gasteiger partial charge in [0.25, 0.3) is 0 Å². The second-order valence-electron chi connectivity index (χ2n) is 12.3. The molecule has 4 aromatic rings. The van der Waals surface area contributed by atoms with Gasteiger partial charge in [0.1, 0.15) is 22.8 Å². The van der Waals surface area contributed by atoms with Gasteiger partial charge in [-0.25, -0.2) is 36.9 Å². The molecule has 2 aromatic heterocycles. The summed E-state index contributed by atoms with van der Waals surface area (Å²) < 4.78 is 61.0. The number of hydrogen-bond donors (Lipinski definition) is 3. The van der Waals surface area contributed by atoms with Crippen LogP contribution in [-0.2, 0) is 20.5 Å². The molecule has 0 atom stereocenters. The number of benzene rings is 2. The average molecular weight is 639 g/mol. The van der Waals surface area contributed by atoms with E-state index in [2.05, 4.69) is 30.3 Å². The molecular formula is C32H36F2N6O4S. The molecule has 2 heterocycles. The maximum absolute atomic E-state index is 15.0. The number of aryl methyl sites for hydroxylation is 1. The molecule has 1 aliphatic carbocycles. The van der Waals surface area contributed by atoms with E-state index >= 15 is 4.39 Å². The lowest BCUT2D eigenvalue weighted by atomic mass is 9.91. The zero-order valence-electron chi connectivity index (χ0n) is 25.5. The van der Waals surface area contributed by atoms with Crippen LogP contribution in [0.2, 0.25) is 0 Å². The maximum Gasteiger partial charge on any atom is 0.407 e. The van der Waals surface area contributed by atoms with E-state index in [1.165, 1.54) is 36.4 Å². The van der Waals surface area contributed by atoms with Crippen LogP contribution in [0.3, 0.4) is 0 Å². The second kappa shape index (κ2) is 12.9. The summed E-state index contributed by atoms with van der Waals surface area (Å²) in [5.74, 6) is -1.19. The molecule has 1 saturated carbocycles. The first-order valence-corrected chi connectivity index (χ1v) is 16.3. The number of amides is 1. The molecule has 0 radical (unpaired) electrons. The zero-order valence-corrected chi connectivity index (χ0v) is 26.3. The lowest BCUT2D eigenvalue weighted by Gasteiger charge is -2.30. The van der Waals surface area contributed by atoms with Gasteiger partial charge in [0, 0.05) is 17.6 Å². The average Bonchev–Trinajstić information content (AvgIpc) is 2.95. The number of nitrogens with zero attached hydrogens (tertiary/aromatic N) is 3. The highest BCUT2D eigenvalue weighted by Crippen LogP contribution is 2.28. The molecule has 2 aromatic carbocycles. The molecule has 1 aliphatic rings. The number of fused-ring (bicyclic) bond motifs is 1. The highest BCUT2D eigenvalue weighted by molar-refractivity contribution is 7.91. The van der Waals surface area contributed by atoms with E-state index in [1.807, 2.05) is 27.7 Å². The maximum atomic E-state index is 15.0. The van der Waals surface area contributed by atoms with Crippen molar-refractivity contribution in [2.75, 3.05) is 10.0 Å². The van der Waals surface area contributed by atoms with Crippen LogP contribution in [0.4, 0.5) is 25.2 Å². The van der Waals surface area contributed by atoms with Crippen molar-refractivity contribution in [2.24, 2.45) is 0 Å². The number of halogens is 2. The molecular weight excluding hydrogens is 602 g/mol. The van der Waals surface area contributed by atoms with Gasteiger partial charge in [-0.2, -0.15) is 0 Å². The molecule has 45 heavy (non-hydrogen) atoms. The van der Waals surface area contributed by atoms with Crippen LogP contribution in [-0.4, -0.2) is 47.1 Å². The van der Waals surface area contributed by atoms with Crippen molar-refractivity contribution in [1.82, 2.24) is 20.3 Å². The van der Waals surface area contributed by atoms with Crippen molar-refractivity contribution in [3.8, 4) is 11.3 Å². The molecule has 0 unspecified atom stereocenters. The fraction of sp³-hybridized carbons (Fsp3) is 0.375. The predicted molar refractivity (Wildman–Crippen MR) is 169 cm³/mol. The summed E-state index contributed by atoms with van der Waals surface area (Å²) in [5, 5.41) is 6.34. The minimum atomic E-state index is -3.94. The number of hydrogen-bond acceptors (Lipinski definition) is 8. The lowest BCUT2D eigenvalue weighted by Crippen LogP contribution is -2.42. The molecule has 10 nitrogen and oxygen atoms in total. The number of pyridine rings is 1. The van der Waals surface area contributed by atoms with Crippen molar-refractivity contribution in [1.29, 1.82) is 0 Å². The van der Waals surface area contributed by atoms with E-state index in [0.29, 0.717) is 33.8 Å². The Hall–Kier alpha value is -4.39. The third-order valence-electron chi connectivity index (χ3n) is 7.32. The summed E-state index contributed by atoms with van der Waals surface area (Å²) in [6, 6.07) is 11.2. The quantitative estimate of drug-likeness (QED) is 0.200. The topological polar surface area (TPSA) is 135 Å². The number of nitrogens with one attached hydrogen (secondary N) is 3. The summed E-state index contributed by atoms with van der Waals surface area (Å²) in [6.07, 6.45) is 4.50. The molecule has 238 valence electrons. The summed E-state index contributed by atoms with van der Waals surface area (Å²) in [5.41, 5.74) is 2.58. The van der Waals surface area contributed by atoms with Crippen LogP contribution < -0.4 is 15.4 Å². The number of carbonyl (C=O) groups excluding carboxylic acids is 1. The van der Waals surface area contributed by atoms with Gasteiger partial charge < -0.3 is 15.4 Å². The van der Waals surface area contributed by atoms with Crippen LogP contribution in [0.5, 0.6) is 0 Å². The van der Waals surface area contributed by atoms with Crippen LogP contribution in [0.15, 0.2) is 54.7 Å². The van der Waals surface area contributed by atoms with Gasteiger partial charge in [-0.3, -0.25) is 4.72 Å². The van der Waals surface area contributed by atoms with Crippen LogP contribution in [0.25, 0.3) is 22.3 Å². The summed E-state index contributed by atoms with van der Waals surface area (Å²) in [7, 11) is -3.94. The first-order valence-electron chi connectivity index (χ1n) is 14.7. The summed E-state index contributed by atoms with van der Waals surface area (Å²) in [6.45, 7) is 7.39. The van der Waals surface area contributed by atoms with Gasteiger partial charge in [0.2, 0.25) is 16.0 Å². The SMILES string of the molecule is Cc1cc(-c2ccc(NS(=O)(=O)Cc3ccc(F)cc3)c(F)c2)nc2cnc(N[C@H]3CC[C@H](NC(=O)OC(C)(C)C)CC3)nc12. The fourth-order valence-corrected chi connectivity index (χ4v) is 6.40. The minimum Gasteiger partial charge on any atom is -0.444 e. The second-order valence-corrected chi connectivity index (χ2v) is 14.0. The monoisotopic (exact) mass is 638 g/mol. The highest BCUT2D eigenvalue weighted by atomic mass is 32.2. The van der Waals surface area contributed by atoms with Crippen molar-refractivity contribution in [3.05, 3.63) is 77.5 Å². The van der Waals surface area contributed by atoms with E-state index in [9.17, 15) is 17.6 Å². The zero-order chi connectivity index (χ0) is 32.4. The molecule has 1 fully saturated rings. The predicted octanol–water partition coefficient (Wildman–Crippen LogP) is 6.47. The van der Waals surface area contributed by atoms with Crippen LogP contribution in [0, 0.1) is 18.6 Å². The van der Waals surface area contributed by atoms with Crippen molar-refractivity contribution < 1.29 is 26.7 Å². The summed E-state index contributed by atoms with van der Waals surface area (Å²) in [4.78, 5) is 25.8. The van der Waals surface area contributed by atoms with Crippen LogP contribution >= 0.6 is 0 Å². The Balaban J connectivity index is 1.22. The number of ether oxygens (including phenoxy) is 1. The Morgan fingerprint density at radius 2 is 1.67 bits per heavy atom. The number of aromatic nitrogens is 3. The number of rotatable bonds is 8. The lowest BCUT2D eigenvalue weighted by molar-refractivity contribution is 0.0492. The van der Waals surface area contributed by atoms with E-state index in [0.717, 1.165) is 31.2 Å². The Morgan fingerprint density at radius 1 is 0.978 bits per heavy atom. The normalized spacial score (nSPS) is 17.1. The van der Waals surface area contributed by atoms with Crippen molar-refractivity contribution in [3.63, 3.8) is 0 Å². The number of anilines is 2. The first kappa shape index (κ1) is 32.0. The van der Waals surface area contributed by atoms with E-state index < -0.39 is 39.1 Å². The Kier molecular flexibility index (Phi) is 9.19. The molecule has 1 amide bonds.